The van der Waals surface area contributed by atoms with Gasteiger partial charge in [0.25, 0.3) is 0 Å². The van der Waals surface area contributed by atoms with Crippen molar-refractivity contribution in [3.8, 4) is 0 Å². The Morgan fingerprint density at radius 3 is 0.385 bits per heavy atom. The highest BCUT2D eigenvalue weighted by atomic mass is 16.8. The minimum Gasteiger partial charge on any atom is -0.387 e. The zero-order valence-corrected chi connectivity index (χ0v) is 53.7. The first-order valence-corrected chi connectivity index (χ1v) is 30.0. The summed E-state index contributed by atoms with van der Waals surface area (Å²) in [5.41, 5.74) is 0. The molecule has 0 spiro atoms. The molecule has 0 aromatic heterocycles. The number of rotatable bonds is 21. The molecule has 532 valence electrons. The van der Waals surface area contributed by atoms with Crippen molar-refractivity contribution in [2.24, 2.45) is 0 Å². The average Bonchev–Trinajstić information content (AvgIpc) is 0.810. The van der Waals surface area contributed by atoms with Crippen molar-refractivity contribution in [2.45, 2.75) is 215 Å². The predicted molar refractivity (Wildman–Crippen MR) is 295 cm³/mol. The fourth-order valence-electron chi connectivity index (χ4n) is 13.1. The van der Waals surface area contributed by atoms with Crippen molar-refractivity contribution < 1.29 is 168 Å². The molecule has 35 atom stereocenters. The lowest BCUT2D eigenvalue weighted by atomic mass is 9.95. The smallest absolute Gasteiger partial charge is 0.187 e. The van der Waals surface area contributed by atoms with Gasteiger partial charge < -0.3 is 168 Å². The van der Waals surface area contributed by atoms with Gasteiger partial charge in [-0.3, -0.25) is 0 Å². The number of hydrogen-bond acceptors (Lipinski definition) is 35. The molecule has 21 aliphatic heterocycles. The highest BCUT2D eigenvalue weighted by molar-refractivity contribution is 5.03. The van der Waals surface area contributed by atoms with Crippen LogP contribution in [-0.4, -0.2) is 396 Å². The molecule has 91 heavy (non-hydrogen) atoms. The number of methoxy groups -OCH3 is 14. The van der Waals surface area contributed by atoms with Gasteiger partial charge in [0, 0.05) is 99.5 Å². The first-order chi connectivity index (χ1) is 43.9. The molecule has 0 saturated carbocycles. The van der Waals surface area contributed by atoms with Crippen molar-refractivity contribution in [3.05, 3.63) is 0 Å². The van der Waals surface area contributed by atoms with Gasteiger partial charge in [-0.25, -0.2) is 0 Å². The third-order valence-corrected chi connectivity index (χ3v) is 17.6. The molecule has 35 nitrogen and oxygen atoms in total. The molecule has 14 bridgehead atoms. The summed E-state index contributed by atoms with van der Waals surface area (Å²) in [4.78, 5) is 0. The van der Waals surface area contributed by atoms with Gasteiger partial charge in [-0.15, -0.1) is 0 Å². The van der Waals surface area contributed by atoms with Crippen molar-refractivity contribution in [1.82, 2.24) is 0 Å². The summed E-state index contributed by atoms with van der Waals surface area (Å²) in [6, 6.07) is 0. The van der Waals surface area contributed by atoms with Gasteiger partial charge in [0.1, 0.15) is 171 Å². The molecule has 21 fully saturated rings. The summed E-state index contributed by atoms with van der Waals surface area (Å²) in [6.07, 6.45) is -49.4. The second-order valence-electron chi connectivity index (χ2n) is 23.0. The second-order valence-corrected chi connectivity index (χ2v) is 23.0. The van der Waals surface area contributed by atoms with Crippen molar-refractivity contribution in [1.29, 1.82) is 0 Å². The van der Waals surface area contributed by atoms with Crippen LogP contribution < -0.4 is 0 Å². The highest BCUT2D eigenvalue weighted by Crippen LogP contribution is 2.41. The molecule has 0 radical (unpaired) electrons. The van der Waals surface area contributed by atoms with E-state index in [1.165, 1.54) is 99.5 Å². The van der Waals surface area contributed by atoms with Gasteiger partial charge in [-0.1, -0.05) is 0 Å². The lowest BCUT2D eigenvalue weighted by Crippen LogP contribution is -2.69. The molecular weight excluding hydrogens is 1230 g/mol. The zero-order valence-electron chi connectivity index (χ0n) is 53.7. The van der Waals surface area contributed by atoms with Crippen LogP contribution in [0.25, 0.3) is 0 Å². The molecule has 21 rings (SSSR count). The van der Waals surface area contributed by atoms with Gasteiger partial charge in [0.15, 0.2) is 44.0 Å². The number of ether oxygens (including phenoxy) is 28. The van der Waals surface area contributed by atoms with Gasteiger partial charge in [-0.05, 0) is 0 Å². The topological polar surface area (TPSA) is 400 Å². The van der Waals surface area contributed by atoms with E-state index >= 15 is 0 Å². The number of aliphatic hydroxyl groups is 7. The van der Waals surface area contributed by atoms with E-state index < -0.39 is 215 Å². The third kappa shape index (κ3) is 16.3. The van der Waals surface area contributed by atoms with E-state index in [-0.39, 0.29) is 46.2 Å². The molecule has 35 heteroatoms. The predicted octanol–water partition coefficient (Wildman–Crippen LogP) is -6.07. The summed E-state index contributed by atoms with van der Waals surface area (Å²) < 4.78 is 171. The molecule has 0 aromatic rings. The summed E-state index contributed by atoms with van der Waals surface area (Å²) >= 11 is 0. The van der Waals surface area contributed by atoms with E-state index in [2.05, 4.69) is 0 Å². The van der Waals surface area contributed by atoms with Crippen LogP contribution in [0.5, 0.6) is 0 Å². The molecule has 0 aromatic carbocycles. The summed E-state index contributed by atoms with van der Waals surface area (Å²) in [5, 5.41) is 86.2. The molecule has 0 amide bonds. The Labute approximate surface area is 528 Å². The lowest BCUT2D eigenvalue weighted by Gasteiger charge is -2.51. The standard InChI is InChI=1S/C56H98O35/c1-64-15-22-36-29(57)43(71-8)50(78-22)86-37-23(16-65-2)80-52(45(73-10)30(37)58)88-39-25(18-67-4)82-54(47(75-12)32(39)60)90-41-27(20-69-6)84-56(49(77-14)34(41)62)91-42-28(21-70-7)83-55(48(76-13)35(42)63)89-40-26(19-68-5)81-53(46(74-11)33(40)61)87-38-24(17-66-3)79-51(85-36)44(72-9)31(38)59/h22-63H,15-21H2,1-14H3/t22-,23-,24-,25-,26-,27-,28-,29+,30+,31+,32+,33+,34+,35+,36-,37-,38-,39-,40-,41-,42-,43-,44-,45-,46-,47-,48-,49+,50-,51-,52-,53-,54-,55-,56-/m1/s1. The largest absolute Gasteiger partial charge is 0.387 e. The monoisotopic (exact) mass is 1330 g/mol. The Morgan fingerprint density at radius 2 is 0.297 bits per heavy atom. The molecular formula is C56H98O35. The first-order valence-electron chi connectivity index (χ1n) is 30.0. The lowest BCUT2D eigenvalue weighted by molar-refractivity contribution is -0.400. The van der Waals surface area contributed by atoms with Crippen LogP contribution in [0.15, 0.2) is 0 Å². The Kier molecular flexibility index (Phi) is 29.3. The van der Waals surface area contributed by atoms with E-state index in [4.69, 9.17) is 133 Å². The number of aliphatic hydroxyl groups excluding tert-OH is 7. The number of hydrogen-bond donors (Lipinski definition) is 7. The third-order valence-electron chi connectivity index (χ3n) is 17.6. The summed E-state index contributed by atoms with van der Waals surface area (Å²) in [7, 11) is 18.7. The fourth-order valence-corrected chi connectivity index (χ4v) is 13.1. The van der Waals surface area contributed by atoms with Crippen LogP contribution in [-0.2, 0) is 133 Å². The summed E-state index contributed by atoms with van der Waals surface area (Å²) in [5.74, 6) is 0. The summed E-state index contributed by atoms with van der Waals surface area (Å²) in [6.45, 7) is -1.59. The SMILES string of the molecule is COC[C@H]1O[C@@H]2O[C@H]3[C@H](O)[C@@H](OC)[C@@H](O[C@H]4[C@H](O)[C@@H](OC)[C@@H](O[C@H]5[C@H](O)[C@@H](OC)[C@@H](O[C@H]6[C@H](O)[C@@H](OC)[C@@H](O[C@H]7[C@H](O)[C@@H](OC)[C@@H](O[C@H]8[C@H](O)[C@@H](OC)[C@@H](O[C@H]1[C@H](O)[C@@H]2OC)O[C@@H]8COC)O[C@@H]7COC)O[C@@H]6COC)O[C@@H]5COC)O[C@@H]4COC)O[C@@H]3COC. The normalized spacial score (nSPS) is 48.7. The van der Waals surface area contributed by atoms with E-state index in [9.17, 15) is 35.7 Å². The van der Waals surface area contributed by atoms with Crippen LogP contribution in [0.4, 0.5) is 0 Å². The Bertz CT molecular complexity index is 1680. The fraction of sp³-hybridized carbons (Fsp3) is 1.00. The Balaban J connectivity index is 1.17. The van der Waals surface area contributed by atoms with E-state index in [1.807, 2.05) is 0 Å². The second kappa shape index (κ2) is 35.4. The van der Waals surface area contributed by atoms with Crippen LogP contribution in [0.3, 0.4) is 0 Å². The maximum absolute atomic E-state index is 12.3. The molecule has 21 heterocycles. The van der Waals surface area contributed by atoms with E-state index in [1.54, 1.807) is 0 Å². The first kappa shape index (κ1) is 75.4. The van der Waals surface area contributed by atoms with Crippen molar-refractivity contribution >= 4 is 0 Å². The van der Waals surface area contributed by atoms with Gasteiger partial charge in [0.05, 0.1) is 46.2 Å². The quantitative estimate of drug-likeness (QED) is 0.0562. The van der Waals surface area contributed by atoms with E-state index in [0.717, 1.165) is 0 Å². The molecule has 21 saturated heterocycles. The van der Waals surface area contributed by atoms with Crippen LogP contribution in [0.1, 0.15) is 0 Å². The maximum atomic E-state index is 12.3. The average molecular weight is 1330 g/mol. The van der Waals surface area contributed by atoms with Crippen molar-refractivity contribution in [3.63, 3.8) is 0 Å². The maximum Gasteiger partial charge on any atom is 0.187 e. The van der Waals surface area contributed by atoms with Crippen LogP contribution >= 0.6 is 0 Å². The van der Waals surface area contributed by atoms with Gasteiger partial charge in [-0.2, -0.15) is 0 Å². The van der Waals surface area contributed by atoms with Gasteiger partial charge >= 0.3 is 0 Å². The zero-order chi connectivity index (χ0) is 66.0. The molecule has 0 unspecified atom stereocenters. The van der Waals surface area contributed by atoms with Gasteiger partial charge in [0.2, 0.25) is 0 Å². The molecule has 7 N–H and O–H groups in total. The molecule has 21 aliphatic rings. The minimum absolute atomic E-state index is 0.227. The van der Waals surface area contributed by atoms with E-state index in [0.29, 0.717) is 0 Å². The Hall–Kier alpha value is -1.40. The Morgan fingerprint density at radius 1 is 0.187 bits per heavy atom. The minimum atomic E-state index is -1.62. The van der Waals surface area contributed by atoms with Crippen molar-refractivity contribution in [2.75, 3.05) is 146 Å². The van der Waals surface area contributed by atoms with Crippen LogP contribution in [0.2, 0.25) is 0 Å². The van der Waals surface area contributed by atoms with Crippen LogP contribution in [0, 0.1) is 0 Å². The molecule has 0 aliphatic carbocycles. The highest BCUT2D eigenvalue weighted by Gasteiger charge is 2.61.